The molecule has 2 heterocycles. The molecule has 0 bridgehead atoms. The third-order valence-corrected chi connectivity index (χ3v) is 4.37. The SMILES string of the molecule is C=COC1=CC(=O)N(C2c3cc([N+](=O)[O-])ccc3OC(C)(C)C2O)C1. The first-order valence-corrected chi connectivity index (χ1v) is 7.69. The van der Waals surface area contributed by atoms with Crippen molar-refractivity contribution in [2.75, 3.05) is 6.54 Å². The number of nitro benzene ring substituents is 1. The monoisotopic (exact) mass is 346 g/mol. The number of fused-ring (bicyclic) bond motifs is 1. The first-order valence-electron chi connectivity index (χ1n) is 7.69. The van der Waals surface area contributed by atoms with Crippen molar-refractivity contribution in [1.29, 1.82) is 0 Å². The van der Waals surface area contributed by atoms with Crippen LogP contribution in [0, 0.1) is 10.1 Å². The Morgan fingerprint density at radius 3 is 2.88 bits per heavy atom. The normalized spacial score (nSPS) is 24.2. The average molecular weight is 346 g/mol. The molecule has 2 aliphatic heterocycles. The lowest BCUT2D eigenvalue weighted by Crippen LogP contribution is -2.54. The first-order chi connectivity index (χ1) is 11.7. The summed E-state index contributed by atoms with van der Waals surface area (Å²) in [5.41, 5.74) is -0.722. The molecular weight excluding hydrogens is 328 g/mol. The standard InChI is InChI=1S/C17H18N2O6/c1-4-24-11-8-14(20)18(9-11)15-12-7-10(19(22)23)5-6-13(12)25-17(2,3)16(15)21/h4-8,15-16,21H,1,9H2,2-3H3. The van der Waals surface area contributed by atoms with Gasteiger partial charge in [0.25, 0.3) is 11.6 Å². The van der Waals surface area contributed by atoms with Crippen LogP contribution in [0.25, 0.3) is 0 Å². The van der Waals surface area contributed by atoms with Gasteiger partial charge in [-0.2, -0.15) is 0 Å². The van der Waals surface area contributed by atoms with Crippen LogP contribution in [0.2, 0.25) is 0 Å². The average Bonchev–Trinajstić information content (AvgIpc) is 2.88. The fourth-order valence-electron chi connectivity index (χ4n) is 3.13. The van der Waals surface area contributed by atoms with Gasteiger partial charge in [0.1, 0.15) is 23.2 Å². The Morgan fingerprint density at radius 2 is 2.24 bits per heavy atom. The molecule has 2 unspecified atom stereocenters. The van der Waals surface area contributed by atoms with Gasteiger partial charge in [0, 0.05) is 23.8 Å². The van der Waals surface area contributed by atoms with Gasteiger partial charge in [-0.15, -0.1) is 0 Å². The lowest BCUT2D eigenvalue weighted by Gasteiger charge is -2.45. The Balaban J connectivity index is 2.06. The fraction of sp³-hybridized carbons (Fsp3) is 0.353. The second-order valence-electron chi connectivity index (χ2n) is 6.44. The molecule has 1 aromatic carbocycles. The minimum Gasteiger partial charge on any atom is -0.485 e. The number of carbonyl (C=O) groups is 1. The van der Waals surface area contributed by atoms with E-state index in [0.29, 0.717) is 17.1 Å². The van der Waals surface area contributed by atoms with Crippen molar-refractivity contribution in [3.05, 3.63) is 58.6 Å². The van der Waals surface area contributed by atoms with Crippen LogP contribution >= 0.6 is 0 Å². The van der Waals surface area contributed by atoms with Gasteiger partial charge in [-0.05, 0) is 19.9 Å². The van der Waals surface area contributed by atoms with Crippen LogP contribution in [0.3, 0.4) is 0 Å². The predicted molar refractivity (Wildman–Crippen MR) is 87.6 cm³/mol. The molecule has 0 radical (unpaired) electrons. The second kappa shape index (κ2) is 5.89. The molecule has 0 spiro atoms. The van der Waals surface area contributed by atoms with Crippen LogP contribution in [-0.4, -0.2) is 39.1 Å². The van der Waals surface area contributed by atoms with Gasteiger partial charge in [0.15, 0.2) is 0 Å². The lowest BCUT2D eigenvalue weighted by molar-refractivity contribution is -0.385. The number of nitro groups is 1. The molecule has 0 aliphatic carbocycles. The Kier molecular flexibility index (Phi) is 4.00. The molecule has 8 nitrogen and oxygen atoms in total. The minimum atomic E-state index is -1.08. The van der Waals surface area contributed by atoms with Crippen LogP contribution in [-0.2, 0) is 9.53 Å². The third kappa shape index (κ3) is 2.85. The Labute approximate surface area is 144 Å². The summed E-state index contributed by atoms with van der Waals surface area (Å²) in [6, 6.07) is 3.36. The molecule has 8 heteroatoms. The van der Waals surface area contributed by atoms with E-state index in [4.69, 9.17) is 9.47 Å². The van der Waals surface area contributed by atoms with Crippen molar-refractivity contribution in [3.8, 4) is 5.75 Å². The molecule has 2 aliphatic rings. The zero-order valence-electron chi connectivity index (χ0n) is 13.8. The van der Waals surface area contributed by atoms with Crippen LogP contribution in [0.4, 0.5) is 5.69 Å². The molecule has 25 heavy (non-hydrogen) atoms. The van der Waals surface area contributed by atoms with Gasteiger partial charge in [-0.1, -0.05) is 6.58 Å². The van der Waals surface area contributed by atoms with Gasteiger partial charge in [0.2, 0.25) is 0 Å². The van der Waals surface area contributed by atoms with E-state index in [9.17, 15) is 20.0 Å². The summed E-state index contributed by atoms with van der Waals surface area (Å²) in [7, 11) is 0. The largest absolute Gasteiger partial charge is 0.485 e. The van der Waals surface area contributed by atoms with Gasteiger partial charge >= 0.3 is 0 Å². The van der Waals surface area contributed by atoms with Crippen molar-refractivity contribution in [1.82, 2.24) is 4.90 Å². The Hall–Kier alpha value is -2.87. The van der Waals surface area contributed by atoms with E-state index >= 15 is 0 Å². The molecule has 1 aromatic rings. The van der Waals surface area contributed by atoms with Crippen LogP contribution in [0.5, 0.6) is 5.75 Å². The van der Waals surface area contributed by atoms with Crippen molar-refractivity contribution >= 4 is 11.6 Å². The van der Waals surface area contributed by atoms with Crippen LogP contribution in [0.15, 0.2) is 42.9 Å². The predicted octanol–water partition coefficient (Wildman–Crippen LogP) is 2.05. The summed E-state index contributed by atoms with van der Waals surface area (Å²) in [5, 5.41) is 21.9. The second-order valence-corrected chi connectivity index (χ2v) is 6.44. The number of hydrogen-bond donors (Lipinski definition) is 1. The fourth-order valence-corrected chi connectivity index (χ4v) is 3.13. The summed E-state index contributed by atoms with van der Waals surface area (Å²) in [5.74, 6) is 0.441. The molecular formula is C17H18N2O6. The highest BCUT2D eigenvalue weighted by Crippen LogP contribution is 2.45. The Bertz CT molecular complexity index is 785. The highest BCUT2D eigenvalue weighted by molar-refractivity contribution is 5.91. The highest BCUT2D eigenvalue weighted by atomic mass is 16.6. The molecule has 2 atom stereocenters. The Morgan fingerprint density at radius 1 is 1.52 bits per heavy atom. The number of carbonyl (C=O) groups excluding carboxylic acids is 1. The molecule has 132 valence electrons. The lowest BCUT2D eigenvalue weighted by atomic mass is 9.85. The summed E-state index contributed by atoms with van der Waals surface area (Å²) < 4.78 is 11.0. The van der Waals surface area contributed by atoms with E-state index in [2.05, 4.69) is 6.58 Å². The van der Waals surface area contributed by atoms with Crippen molar-refractivity contribution < 1.29 is 24.3 Å². The van der Waals surface area contributed by atoms with Gasteiger partial charge < -0.3 is 19.5 Å². The van der Waals surface area contributed by atoms with E-state index in [0.717, 1.165) is 0 Å². The summed E-state index contributed by atoms with van der Waals surface area (Å²) in [6.07, 6.45) is 1.45. The molecule has 1 N–H and O–H groups in total. The van der Waals surface area contributed by atoms with Crippen LogP contribution < -0.4 is 4.74 Å². The number of nitrogens with zero attached hydrogens (tertiary/aromatic N) is 2. The smallest absolute Gasteiger partial charge is 0.270 e. The number of ether oxygens (including phenoxy) is 2. The summed E-state index contributed by atoms with van der Waals surface area (Å²) in [6.45, 7) is 6.98. The van der Waals surface area contributed by atoms with E-state index < -0.39 is 22.7 Å². The van der Waals surface area contributed by atoms with Crippen LogP contribution in [0.1, 0.15) is 25.5 Å². The number of rotatable bonds is 4. The molecule has 0 saturated heterocycles. The number of aliphatic hydroxyl groups is 1. The number of benzene rings is 1. The van der Waals surface area contributed by atoms with E-state index in [1.165, 1.54) is 35.4 Å². The topological polar surface area (TPSA) is 102 Å². The number of hydrogen-bond acceptors (Lipinski definition) is 6. The first kappa shape index (κ1) is 17.0. The maximum Gasteiger partial charge on any atom is 0.270 e. The van der Waals surface area contributed by atoms with Gasteiger partial charge in [-0.25, -0.2) is 0 Å². The highest BCUT2D eigenvalue weighted by Gasteiger charge is 2.48. The molecule has 1 amide bonds. The zero-order valence-corrected chi connectivity index (χ0v) is 13.8. The zero-order chi connectivity index (χ0) is 18.4. The van der Waals surface area contributed by atoms with E-state index in [1.807, 2.05) is 0 Å². The van der Waals surface area contributed by atoms with E-state index in [-0.39, 0.29) is 18.1 Å². The number of amides is 1. The van der Waals surface area contributed by atoms with Crippen molar-refractivity contribution in [2.24, 2.45) is 0 Å². The number of non-ortho nitro benzene ring substituents is 1. The molecule has 0 saturated carbocycles. The van der Waals surface area contributed by atoms with Gasteiger partial charge in [0.05, 0.1) is 23.8 Å². The summed E-state index contributed by atoms with van der Waals surface area (Å²) >= 11 is 0. The maximum atomic E-state index is 12.4. The molecule has 0 aromatic heterocycles. The quantitative estimate of drug-likeness (QED) is 0.508. The maximum absolute atomic E-state index is 12.4. The minimum absolute atomic E-state index is 0.130. The third-order valence-electron chi connectivity index (χ3n) is 4.37. The van der Waals surface area contributed by atoms with Crippen molar-refractivity contribution in [3.63, 3.8) is 0 Å². The summed E-state index contributed by atoms with van der Waals surface area (Å²) in [4.78, 5) is 24.4. The molecule has 0 fully saturated rings. The number of aliphatic hydroxyl groups excluding tert-OH is 1. The van der Waals surface area contributed by atoms with Gasteiger partial charge in [-0.3, -0.25) is 14.9 Å². The van der Waals surface area contributed by atoms with Crippen molar-refractivity contribution in [2.45, 2.75) is 31.6 Å². The molecule has 3 rings (SSSR count). The van der Waals surface area contributed by atoms with E-state index in [1.54, 1.807) is 13.8 Å².